The van der Waals surface area contributed by atoms with Crippen molar-refractivity contribution in [1.29, 1.82) is 0 Å². The first-order valence-electron chi connectivity index (χ1n) is 6.09. The summed E-state index contributed by atoms with van der Waals surface area (Å²) in [6.45, 7) is 3.39. The van der Waals surface area contributed by atoms with Crippen LogP contribution in [0.1, 0.15) is 11.1 Å². The van der Waals surface area contributed by atoms with Gasteiger partial charge < -0.3 is 15.1 Å². The van der Waals surface area contributed by atoms with Crippen LogP contribution in [-0.2, 0) is 4.57 Å². The van der Waals surface area contributed by atoms with Gasteiger partial charge in [-0.05, 0) is 60.9 Å². The van der Waals surface area contributed by atoms with E-state index in [1.165, 1.54) is 12.1 Å². The molecule has 2 aromatic carbocycles. The van der Waals surface area contributed by atoms with Gasteiger partial charge in [-0.2, -0.15) is 0 Å². The third-order valence-electron chi connectivity index (χ3n) is 2.94. The monoisotopic (exact) mass is 342 g/mol. The van der Waals surface area contributed by atoms with Gasteiger partial charge in [0.25, 0.3) is 0 Å². The number of aromatic hydroxyl groups is 2. The Balaban J connectivity index is 2.25. The molecule has 0 fully saturated rings. The second-order valence-corrected chi connectivity index (χ2v) is 11.4. The number of benzene rings is 2. The summed E-state index contributed by atoms with van der Waals surface area (Å²) in [5.74, 6) is -3.43. The average molecular weight is 342 g/mol. The molecule has 0 amide bonds. The minimum absolute atomic E-state index is 0.0959. The summed E-state index contributed by atoms with van der Waals surface area (Å²) < 4.78 is 12.4. The van der Waals surface area contributed by atoms with Crippen molar-refractivity contribution in [3.8, 4) is 11.5 Å². The SMILES string of the molecule is Cc1c(O)cccc1SP(=O)(O)Sc1cccc(O)c1C. The standard InChI is InChI=1S/C14H15O4PS2/c1-9-11(15)5-3-7-13(9)20-19(17,18)21-14-8-4-6-12(16)10(14)2/h3-8,15-16H,1-2H3,(H,17,18). The molecule has 0 aliphatic carbocycles. The lowest BCUT2D eigenvalue weighted by atomic mass is 10.2. The zero-order chi connectivity index (χ0) is 15.6. The predicted octanol–water partition coefficient (Wildman–Crippen LogP) is 4.70. The molecular weight excluding hydrogens is 327 g/mol. The van der Waals surface area contributed by atoms with E-state index in [1.54, 1.807) is 38.1 Å². The van der Waals surface area contributed by atoms with E-state index in [1.807, 2.05) is 0 Å². The van der Waals surface area contributed by atoms with Gasteiger partial charge in [0.1, 0.15) is 11.5 Å². The molecule has 0 saturated heterocycles. The van der Waals surface area contributed by atoms with Crippen LogP contribution in [-0.4, -0.2) is 15.1 Å². The maximum Gasteiger partial charge on any atom is 0.320 e. The van der Waals surface area contributed by atoms with E-state index in [0.717, 1.165) is 22.8 Å². The highest BCUT2D eigenvalue weighted by atomic mass is 33.1. The van der Waals surface area contributed by atoms with Crippen molar-refractivity contribution in [2.75, 3.05) is 0 Å². The Morgan fingerprint density at radius 2 is 1.24 bits per heavy atom. The molecule has 0 radical (unpaired) electrons. The summed E-state index contributed by atoms with van der Waals surface area (Å²) in [6.07, 6.45) is 0. The van der Waals surface area contributed by atoms with Crippen LogP contribution >= 0.6 is 28.5 Å². The smallest absolute Gasteiger partial charge is 0.320 e. The van der Waals surface area contributed by atoms with Gasteiger partial charge in [-0.15, -0.1) is 0 Å². The molecule has 4 nitrogen and oxygen atoms in total. The molecule has 0 spiro atoms. The van der Waals surface area contributed by atoms with Crippen molar-refractivity contribution in [3.05, 3.63) is 47.5 Å². The summed E-state index contributed by atoms with van der Waals surface area (Å²) >= 11 is 1.66. The maximum absolute atomic E-state index is 12.4. The normalized spacial score (nSPS) is 11.6. The molecule has 0 aliphatic heterocycles. The fourth-order valence-electron chi connectivity index (χ4n) is 1.67. The molecule has 3 N–H and O–H groups in total. The first kappa shape index (κ1) is 16.3. The van der Waals surface area contributed by atoms with Gasteiger partial charge in [-0.1, -0.05) is 12.1 Å². The van der Waals surface area contributed by atoms with E-state index in [9.17, 15) is 19.7 Å². The summed E-state index contributed by atoms with van der Waals surface area (Å²) in [5.41, 5.74) is 1.15. The zero-order valence-corrected chi connectivity index (χ0v) is 14.0. The van der Waals surface area contributed by atoms with Gasteiger partial charge in [0.15, 0.2) is 0 Å². The van der Waals surface area contributed by atoms with E-state index in [-0.39, 0.29) is 11.5 Å². The number of hydrogen-bond donors (Lipinski definition) is 3. The molecule has 0 heterocycles. The van der Waals surface area contributed by atoms with Gasteiger partial charge in [0, 0.05) is 20.9 Å². The van der Waals surface area contributed by atoms with Crippen molar-refractivity contribution >= 4 is 28.5 Å². The molecule has 7 heteroatoms. The van der Waals surface area contributed by atoms with Crippen molar-refractivity contribution in [3.63, 3.8) is 0 Å². The Kier molecular flexibility index (Phi) is 4.94. The highest BCUT2D eigenvalue weighted by molar-refractivity contribution is 8.89. The fraction of sp³-hybridized carbons (Fsp3) is 0.143. The minimum atomic E-state index is -3.62. The Morgan fingerprint density at radius 1 is 0.857 bits per heavy atom. The van der Waals surface area contributed by atoms with E-state index >= 15 is 0 Å². The fourth-order valence-corrected chi connectivity index (χ4v) is 7.54. The second kappa shape index (κ2) is 6.36. The number of phenolic OH excluding ortho intramolecular Hbond substituents is 2. The molecule has 21 heavy (non-hydrogen) atoms. The third-order valence-corrected chi connectivity index (χ3v) is 8.58. The molecule has 0 saturated carbocycles. The molecule has 0 bridgehead atoms. The zero-order valence-electron chi connectivity index (χ0n) is 11.5. The van der Waals surface area contributed by atoms with E-state index in [0.29, 0.717) is 20.9 Å². The lowest BCUT2D eigenvalue weighted by molar-refractivity contribution is 0.468. The average Bonchev–Trinajstić information content (AvgIpc) is 2.40. The van der Waals surface area contributed by atoms with Crippen LogP contribution in [0.3, 0.4) is 0 Å². The van der Waals surface area contributed by atoms with E-state index in [2.05, 4.69) is 0 Å². The van der Waals surface area contributed by atoms with Crippen LogP contribution in [0.25, 0.3) is 0 Å². The van der Waals surface area contributed by atoms with Crippen LogP contribution in [0.5, 0.6) is 11.5 Å². The first-order valence-corrected chi connectivity index (χ1v) is 10.6. The van der Waals surface area contributed by atoms with E-state index < -0.39 is 5.77 Å². The quantitative estimate of drug-likeness (QED) is 0.699. The molecule has 2 rings (SSSR count). The Labute approximate surface area is 131 Å². The van der Waals surface area contributed by atoms with Crippen LogP contribution in [0, 0.1) is 13.8 Å². The first-order chi connectivity index (χ1) is 9.80. The Bertz CT molecular complexity index is 661. The number of phenols is 2. The van der Waals surface area contributed by atoms with Gasteiger partial charge in [0.2, 0.25) is 0 Å². The molecule has 0 aliphatic rings. The highest BCUT2D eigenvalue weighted by Crippen LogP contribution is 2.71. The molecule has 112 valence electrons. The van der Waals surface area contributed by atoms with Gasteiger partial charge >= 0.3 is 5.77 Å². The summed E-state index contributed by atoms with van der Waals surface area (Å²) in [5, 5.41) is 19.3. The van der Waals surface area contributed by atoms with Crippen molar-refractivity contribution in [1.82, 2.24) is 0 Å². The Hall–Kier alpha value is -1.07. The van der Waals surface area contributed by atoms with Gasteiger partial charge in [-0.3, -0.25) is 4.57 Å². The van der Waals surface area contributed by atoms with Gasteiger partial charge in [-0.25, -0.2) is 0 Å². The summed E-state index contributed by atoms with van der Waals surface area (Å²) in [7, 11) is 0. The summed E-state index contributed by atoms with van der Waals surface area (Å²) in [6, 6.07) is 9.73. The van der Waals surface area contributed by atoms with Crippen molar-refractivity contribution in [2.24, 2.45) is 0 Å². The molecule has 0 unspecified atom stereocenters. The maximum atomic E-state index is 12.4. The second-order valence-electron chi connectivity index (χ2n) is 4.45. The Morgan fingerprint density at radius 3 is 1.62 bits per heavy atom. The largest absolute Gasteiger partial charge is 0.508 e. The summed E-state index contributed by atoms with van der Waals surface area (Å²) in [4.78, 5) is 11.3. The van der Waals surface area contributed by atoms with Gasteiger partial charge in [0.05, 0.1) is 0 Å². The van der Waals surface area contributed by atoms with Crippen molar-refractivity contribution < 1.29 is 19.7 Å². The molecule has 2 aromatic rings. The lowest BCUT2D eigenvalue weighted by Crippen LogP contribution is -1.82. The molecule has 0 aromatic heterocycles. The van der Waals surface area contributed by atoms with Crippen LogP contribution in [0.4, 0.5) is 0 Å². The molecular formula is C14H15O4PS2. The highest BCUT2D eigenvalue weighted by Gasteiger charge is 2.25. The number of rotatable bonds is 4. The topological polar surface area (TPSA) is 77.8 Å². The van der Waals surface area contributed by atoms with Crippen LogP contribution in [0.15, 0.2) is 46.2 Å². The third kappa shape index (κ3) is 3.98. The number of hydrogen-bond acceptors (Lipinski definition) is 5. The molecule has 0 atom stereocenters. The van der Waals surface area contributed by atoms with Crippen LogP contribution in [0.2, 0.25) is 0 Å². The van der Waals surface area contributed by atoms with Crippen molar-refractivity contribution in [2.45, 2.75) is 23.6 Å². The van der Waals surface area contributed by atoms with Crippen LogP contribution < -0.4 is 0 Å². The minimum Gasteiger partial charge on any atom is -0.508 e. The predicted molar refractivity (Wildman–Crippen MR) is 87.2 cm³/mol. The van der Waals surface area contributed by atoms with E-state index in [4.69, 9.17) is 0 Å². The lowest BCUT2D eigenvalue weighted by Gasteiger charge is -2.14.